The maximum absolute atomic E-state index is 11.0. The quantitative estimate of drug-likeness (QED) is 0.864. The van der Waals surface area contributed by atoms with Crippen molar-refractivity contribution in [2.75, 3.05) is 0 Å². The standard InChI is InChI=1S/C13H11BrN2O2S/c1-8-6-15-11(16-12(8)13(17)18)7-19-10-4-2-9(14)3-5-10/h2-6H,7H2,1H3,(H,17,18). The molecule has 0 saturated heterocycles. The smallest absolute Gasteiger partial charge is 0.354 e. The number of rotatable bonds is 4. The topological polar surface area (TPSA) is 63.1 Å². The molecule has 2 aromatic rings. The molecule has 0 spiro atoms. The van der Waals surface area contributed by atoms with Gasteiger partial charge in [-0.25, -0.2) is 14.8 Å². The third-order valence-electron chi connectivity index (χ3n) is 2.41. The van der Waals surface area contributed by atoms with E-state index in [0.717, 1.165) is 9.37 Å². The van der Waals surface area contributed by atoms with Gasteiger partial charge in [0.2, 0.25) is 0 Å². The molecule has 2 rings (SSSR count). The van der Waals surface area contributed by atoms with Crippen LogP contribution in [0.2, 0.25) is 0 Å². The van der Waals surface area contributed by atoms with Crippen LogP contribution in [0, 0.1) is 6.92 Å². The molecule has 0 fully saturated rings. The lowest BCUT2D eigenvalue weighted by Crippen LogP contribution is -2.07. The van der Waals surface area contributed by atoms with Crippen molar-refractivity contribution in [3.05, 3.63) is 52.0 Å². The van der Waals surface area contributed by atoms with Crippen LogP contribution in [0.3, 0.4) is 0 Å². The van der Waals surface area contributed by atoms with Gasteiger partial charge in [0.15, 0.2) is 5.69 Å². The molecule has 0 bridgehead atoms. The van der Waals surface area contributed by atoms with Gasteiger partial charge < -0.3 is 5.11 Å². The molecule has 0 atom stereocenters. The third kappa shape index (κ3) is 3.78. The van der Waals surface area contributed by atoms with Crippen LogP contribution in [-0.2, 0) is 5.75 Å². The summed E-state index contributed by atoms with van der Waals surface area (Å²) in [7, 11) is 0. The molecular weight excluding hydrogens is 328 g/mol. The SMILES string of the molecule is Cc1cnc(CSc2ccc(Br)cc2)nc1C(=O)O. The van der Waals surface area contributed by atoms with E-state index in [9.17, 15) is 4.79 Å². The second-order valence-electron chi connectivity index (χ2n) is 3.87. The first kappa shape index (κ1) is 14.0. The Kier molecular flexibility index (Phi) is 4.55. The Morgan fingerprint density at radius 1 is 1.37 bits per heavy atom. The van der Waals surface area contributed by atoms with Gasteiger partial charge in [-0.3, -0.25) is 0 Å². The number of nitrogens with zero attached hydrogens (tertiary/aromatic N) is 2. The van der Waals surface area contributed by atoms with Crippen molar-refractivity contribution >= 4 is 33.7 Å². The summed E-state index contributed by atoms with van der Waals surface area (Å²) in [4.78, 5) is 20.3. The lowest BCUT2D eigenvalue weighted by molar-refractivity contribution is 0.0689. The third-order valence-corrected chi connectivity index (χ3v) is 3.94. The molecule has 0 aliphatic heterocycles. The van der Waals surface area contributed by atoms with Crippen LogP contribution >= 0.6 is 27.7 Å². The van der Waals surface area contributed by atoms with Crippen molar-refractivity contribution in [1.29, 1.82) is 0 Å². The number of halogens is 1. The lowest BCUT2D eigenvalue weighted by Gasteiger charge is -2.04. The maximum Gasteiger partial charge on any atom is 0.354 e. The number of carboxylic acid groups (broad SMARTS) is 1. The van der Waals surface area contributed by atoms with Gasteiger partial charge in [0, 0.05) is 21.1 Å². The van der Waals surface area contributed by atoms with Crippen LogP contribution in [0.1, 0.15) is 21.9 Å². The second kappa shape index (κ2) is 6.16. The van der Waals surface area contributed by atoms with Crippen molar-refractivity contribution in [2.45, 2.75) is 17.6 Å². The van der Waals surface area contributed by atoms with Gasteiger partial charge in [-0.05, 0) is 31.2 Å². The monoisotopic (exact) mass is 338 g/mol. The first-order chi connectivity index (χ1) is 9.06. The van der Waals surface area contributed by atoms with Crippen LogP contribution in [0.4, 0.5) is 0 Å². The van der Waals surface area contributed by atoms with Crippen LogP contribution in [0.15, 0.2) is 39.8 Å². The average molecular weight is 339 g/mol. The molecule has 4 nitrogen and oxygen atoms in total. The molecule has 0 amide bonds. The summed E-state index contributed by atoms with van der Waals surface area (Å²) in [5, 5.41) is 9.00. The van der Waals surface area contributed by atoms with Gasteiger partial charge in [0.25, 0.3) is 0 Å². The minimum Gasteiger partial charge on any atom is -0.477 e. The summed E-state index contributed by atoms with van der Waals surface area (Å²) in [5.74, 6) is 0.0491. The van der Waals surface area contributed by atoms with Gasteiger partial charge in [0.1, 0.15) is 5.82 Å². The van der Waals surface area contributed by atoms with Crippen LogP contribution in [0.5, 0.6) is 0 Å². The molecule has 1 aromatic carbocycles. The Bertz CT molecular complexity index is 602. The fourth-order valence-electron chi connectivity index (χ4n) is 1.44. The van der Waals surface area contributed by atoms with E-state index < -0.39 is 5.97 Å². The highest BCUT2D eigenvalue weighted by Gasteiger charge is 2.10. The highest BCUT2D eigenvalue weighted by Crippen LogP contribution is 2.23. The maximum atomic E-state index is 11.0. The van der Waals surface area contributed by atoms with E-state index in [1.165, 1.54) is 0 Å². The molecule has 0 unspecified atom stereocenters. The van der Waals surface area contributed by atoms with E-state index >= 15 is 0 Å². The van der Waals surface area contributed by atoms with E-state index in [1.54, 1.807) is 24.9 Å². The molecule has 0 radical (unpaired) electrons. The summed E-state index contributed by atoms with van der Waals surface area (Å²) < 4.78 is 1.02. The number of carboxylic acids is 1. The minimum atomic E-state index is -1.02. The number of hydrogen-bond donors (Lipinski definition) is 1. The Balaban J connectivity index is 2.09. The summed E-state index contributed by atoms with van der Waals surface area (Å²) in [6.45, 7) is 1.69. The summed E-state index contributed by atoms with van der Waals surface area (Å²) in [6.07, 6.45) is 1.55. The van der Waals surface area contributed by atoms with Gasteiger partial charge in [-0.2, -0.15) is 0 Å². The number of benzene rings is 1. The first-order valence-corrected chi connectivity index (χ1v) is 7.28. The zero-order valence-corrected chi connectivity index (χ0v) is 12.5. The lowest BCUT2D eigenvalue weighted by atomic mass is 10.2. The zero-order chi connectivity index (χ0) is 13.8. The van der Waals surface area contributed by atoms with Crippen LogP contribution < -0.4 is 0 Å². The molecule has 0 aliphatic carbocycles. The van der Waals surface area contributed by atoms with Crippen molar-refractivity contribution in [2.24, 2.45) is 0 Å². The number of hydrogen-bond acceptors (Lipinski definition) is 4. The van der Waals surface area contributed by atoms with E-state index in [4.69, 9.17) is 5.11 Å². The molecule has 0 aliphatic rings. The van der Waals surface area contributed by atoms with Crippen LogP contribution in [-0.4, -0.2) is 21.0 Å². The first-order valence-electron chi connectivity index (χ1n) is 5.50. The Hall–Kier alpha value is -1.40. The predicted octanol–water partition coefficient (Wildman–Crippen LogP) is 3.54. The van der Waals surface area contributed by atoms with E-state index in [-0.39, 0.29) is 5.69 Å². The highest BCUT2D eigenvalue weighted by molar-refractivity contribution is 9.10. The van der Waals surface area contributed by atoms with Gasteiger partial charge in [0.05, 0.1) is 5.75 Å². The normalized spacial score (nSPS) is 10.4. The van der Waals surface area contributed by atoms with Crippen molar-refractivity contribution in [1.82, 2.24) is 9.97 Å². The molecular formula is C13H11BrN2O2S. The minimum absolute atomic E-state index is 0.0707. The van der Waals surface area contributed by atoms with E-state index in [2.05, 4.69) is 25.9 Å². The van der Waals surface area contributed by atoms with Crippen molar-refractivity contribution in [3.63, 3.8) is 0 Å². The fourth-order valence-corrected chi connectivity index (χ4v) is 2.47. The number of thioether (sulfide) groups is 1. The van der Waals surface area contributed by atoms with Crippen molar-refractivity contribution in [3.8, 4) is 0 Å². The van der Waals surface area contributed by atoms with Gasteiger partial charge in [-0.15, -0.1) is 11.8 Å². The molecule has 19 heavy (non-hydrogen) atoms. The Morgan fingerprint density at radius 3 is 2.68 bits per heavy atom. The predicted molar refractivity (Wildman–Crippen MR) is 77.4 cm³/mol. The summed E-state index contributed by atoms with van der Waals surface area (Å²) in [5.41, 5.74) is 0.645. The average Bonchev–Trinajstić information content (AvgIpc) is 2.39. The molecule has 0 saturated carbocycles. The fraction of sp³-hybridized carbons (Fsp3) is 0.154. The Labute approximate surface area is 123 Å². The van der Waals surface area contributed by atoms with Gasteiger partial charge in [-0.1, -0.05) is 15.9 Å². The summed E-state index contributed by atoms with van der Waals surface area (Å²) >= 11 is 4.95. The molecule has 1 aromatic heterocycles. The zero-order valence-electron chi connectivity index (χ0n) is 10.1. The highest BCUT2D eigenvalue weighted by atomic mass is 79.9. The second-order valence-corrected chi connectivity index (χ2v) is 5.83. The Morgan fingerprint density at radius 2 is 2.05 bits per heavy atom. The number of aryl methyl sites for hydroxylation is 1. The van der Waals surface area contributed by atoms with Crippen molar-refractivity contribution < 1.29 is 9.90 Å². The number of aromatic carboxylic acids is 1. The van der Waals surface area contributed by atoms with Gasteiger partial charge >= 0.3 is 5.97 Å². The molecule has 1 N–H and O–H groups in total. The molecule has 98 valence electrons. The molecule has 6 heteroatoms. The number of carbonyl (C=O) groups is 1. The largest absolute Gasteiger partial charge is 0.477 e. The van der Waals surface area contributed by atoms with Crippen LogP contribution in [0.25, 0.3) is 0 Å². The molecule has 1 heterocycles. The summed E-state index contributed by atoms with van der Waals surface area (Å²) in [6, 6.07) is 7.89. The van der Waals surface area contributed by atoms with E-state index in [1.807, 2.05) is 24.3 Å². The van der Waals surface area contributed by atoms with E-state index in [0.29, 0.717) is 17.1 Å². The number of aromatic nitrogens is 2.